The summed E-state index contributed by atoms with van der Waals surface area (Å²) < 4.78 is 28.6. The lowest BCUT2D eigenvalue weighted by molar-refractivity contribution is -0.203. The number of carbonyl (C=O) groups is 5. The second kappa shape index (κ2) is 14.6. The second-order valence-electron chi connectivity index (χ2n) is 8.01. The molecule has 0 radical (unpaired) electrons. The van der Waals surface area contributed by atoms with Gasteiger partial charge in [-0.2, -0.15) is 0 Å². The van der Waals surface area contributed by atoms with Gasteiger partial charge in [0.1, 0.15) is 23.8 Å². The van der Waals surface area contributed by atoms with Crippen molar-refractivity contribution in [3.05, 3.63) is 17.8 Å². The van der Waals surface area contributed by atoms with Crippen molar-refractivity contribution in [2.24, 2.45) is 0 Å². The molecule has 0 saturated heterocycles. The molecular weight excluding hydrogens is 560 g/mol. The number of halogens is 1. The number of aromatic nitrogens is 4. The maximum atomic E-state index is 12.3. The third-order valence-corrected chi connectivity index (χ3v) is 6.34. The van der Waals surface area contributed by atoms with E-state index in [1.54, 1.807) is 4.57 Å². The molecule has 0 aromatic carbocycles. The fourth-order valence-electron chi connectivity index (χ4n) is 3.66. The first-order valence-corrected chi connectivity index (χ1v) is 13.0. The van der Waals surface area contributed by atoms with Crippen LogP contribution in [0.2, 0.25) is 5.15 Å². The summed E-state index contributed by atoms with van der Waals surface area (Å²) in [7, 11) is 0. The number of carbonyl (C=O) groups excluding carboxylic acids is 5. The summed E-state index contributed by atoms with van der Waals surface area (Å²) in [6.07, 6.45) is -3.34. The molecule has 0 amide bonds. The maximum Gasteiger partial charge on any atom is 0.303 e. The Labute approximate surface area is 233 Å². The van der Waals surface area contributed by atoms with Crippen molar-refractivity contribution in [2.75, 3.05) is 12.4 Å². The Bertz CT molecular complexity index is 1210. The molecule has 0 unspecified atom stereocenters. The lowest BCUT2D eigenvalue weighted by Crippen LogP contribution is -2.54. The van der Waals surface area contributed by atoms with Gasteiger partial charge in [0.15, 0.2) is 35.2 Å². The number of imidazole rings is 1. The molecule has 2 aromatic heterocycles. The van der Waals surface area contributed by atoms with Gasteiger partial charge >= 0.3 is 29.8 Å². The van der Waals surface area contributed by atoms with Crippen molar-refractivity contribution in [2.45, 2.75) is 71.3 Å². The van der Waals surface area contributed by atoms with Crippen molar-refractivity contribution in [3.63, 3.8) is 0 Å². The van der Waals surface area contributed by atoms with E-state index in [-0.39, 0.29) is 16.3 Å². The van der Waals surface area contributed by atoms with Gasteiger partial charge in [-0.3, -0.25) is 28.5 Å². The summed E-state index contributed by atoms with van der Waals surface area (Å²) >= 11 is 7.43. The number of hydrogen-bond acceptors (Lipinski definition) is 14. The maximum absolute atomic E-state index is 12.3. The van der Waals surface area contributed by atoms with Crippen LogP contribution in [0.15, 0.2) is 12.7 Å². The molecule has 214 valence electrons. The Morgan fingerprint density at radius 3 is 1.92 bits per heavy atom. The van der Waals surface area contributed by atoms with Crippen molar-refractivity contribution >= 4 is 64.4 Å². The van der Waals surface area contributed by atoms with Crippen LogP contribution in [0.1, 0.15) is 46.9 Å². The highest BCUT2D eigenvalue weighted by Gasteiger charge is 2.47. The van der Waals surface area contributed by atoms with Gasteiger partial charge in [-0.15, -0.1) is 11.8 Å². The molecule has 0 spiro atoms. The highest BCUT2D eigenvalue weighted by atomic mass is 35.5. The van der Waals surface area contributed by atoms with E-state index in [0.29, 0.717) is 5.75 Å². The number of ether oxygens (including phenoxy) is 5. The summed E-state index contributed by atoms with van der Waals surface area (Å²) in [4.78, 5) is 72.7. The summed E-state index contributed by atoms with van der Waals surface area (Å²) in [5, 5.41) is -0.808. The van der Waals surface area contributed by atoms with E-state index >= 15 is 0 Å². The molecule has 0 saturated carbocycles. The number of hydrogen-bond donors (Lipinski definition) is 0. The fourth-order valence-corrected chi connectivity index (χ4v) is 4.89. The van der Waals surface area contributed by atoms with Crippen molar-refractivity contribution in [3.8, 4) is 0 Å². The average molecular weight is 589 g/mol. The minimum atomic E-state index is -1.58. The Balaban J connectivity index is 2.76. The van der Waals surface area contributed by atoms with E-state index in [9.17, 15) is 24.0 Å². The molecule has 2 aromatic rings. The Morgan fingerprint density at radius 1 is 0.821 bits per heavy atom. The summed E-state index contributed by atoms with van der Waals surface area (Å²) in [5.41, 5.74) is 0.538. The number of thioether (sulfide) groups is 1. The van der Waals surface area contributed by atoms with Crippen LogP contribution >= 0.6 is 23.4 Å². The molecule has 2 heterocycles. The molecule has 0 aliphatic carbocycles. The SMILES string of the molecule is CCS[C@@H]([C@H](OC(C)=O)[C@@H](OC(C)=O)[C@H](OC(C)=O)[C@@H](COC(C)=O)OC(C)=O)n1cnc2c(Cl)ncnc21. The first kappa shape index (κ1) is 31.8. The molecule has 0 bridgehead atoms. The van der Waals surface area contributed by atoms with Gasteiger partial charge in [-0.1, -0.05) is 18.5 Å². The van der Waals surface area contributed by atoms with E-state index in [0.717, 1.165) is 34.6 Å². The quantitative estimate of drug-likeness (QED) is 0.189. The lowest BCUT2D eigenvalue weighted by atomic mass is 10.0. The summed E-state index contributed by atoms with van der Waals surface area (Å²) in [6.45, 7) is 6.80. The third kappa shape index (κ3) is 9.06. The van der Waals surface area contributed by atoms with Gasteiger partial charge in [0, 0.05) is 34.6 Å². The molecular formula is C23H29ClN4O10S. The standard InChI is InChI=1S/C23H29ClN4O10S/c1-7-39-23(28-10-27-17-21(24)25-9-26-22(17)28)20(38-15(6)33)19(37-14(5)32)18(36-13(4)31)16(35-12(3)30)8-34-11(2)29/h9-10,16,18-20,23H,7-8H2,1-6H3/t16-,18-,19+,20-,23+/m1/s1. The number of nitrogens with zero attached hydrogens (tertiary/aromatic N) is 4. The number of rotatable bonds is 13. The Morgan fingerprint density at radius 2 is 1.38 bits per heavy atom. The van der Waals surface area contributed by atoms with E-state index in [1.165, 1.54) is 24.4 Å². The molecule has 5 atom stereocenters. The minimum absolute atomic E-state index is 0.0775. The summed E-state index contributed by atoms with van der Waals surface area (Å²) in [6, 6.07) is 0. The average Bonchev–Trinajstić information content (AvgIpc) is 3.26. The zero-order valence-electron chi connectivity index (χ0n) is 22.1. The Hall–Kier alpha value is -3.46. The molecule has 39 heavy (non-hydrogen) atoms. The predicted molar refractivity (Wildman–Crippen MR) is 136 cm³/mol. The highest BCUT2D eigenvalue weighted by Crippen LogP contribution is 2.36. The van der Waals surface area contributed by atoms with Gasteiger partial charge < -0.3 is 23.7 Å². The van der Waals surface area contributed by atoms with Gasteiger partial charge in [0.05, 0.1) is 6.33 Å². The zero-order valence-corrected chi connectivity index (χ0v) is 23.7. The molecule has 0 aliphatic rings. The monoisotopic (exact) mass is 588 g/mol. The van der Waals surface area contributed by atoms with Crippen molar-refractivity contribution in [1.29, 1.82) is 0 Å². The van der Waals surface area contributed by atoms with E-state index in [4.69, 9.17) is 35.3 Å². The third-order valence-electron chi connectivity index (χ3n) is 4.90. The largest absolute Gasteiger partial charge is 0.462 e. The first-order chi connectivity index (χ1) is 18.3. The molecule has 0 N–H and O–H groups in total. The normalized spacial score (nSPS) is 14.8. The molecule has 0 fully saturated rings. The fraction of sp³-hybridized carbons (Fsp3) is 0.565. The van der Waals surface area contributed by atoms with Crippen LogP contribution in [0, 0.1) is 0 Å². The van der Waals surface area contributed by atoms with Crippen LogP contribution in [0.3, 0.4) is 0 Å². The molecule has 14 nitrogen and oxygen atoms in total. The predicted octanol–water partition coefficient (Wildman–Crippen LogP) is 2.02. The van der Waals surface area contributed by atoms with Crippen LogP contribution < -0.4 is 0 Å². The van der Waals surface area contributed by atoms with Crippen LogP contribution in [-0.2, 0) is 47.7 Å². The second-order valence-corrected chi connectivity index (χ2v) is 9.76. The highest BCUT2D eigenvalue weighted by molar-refractivity contribution is 7.99. The van der Waals surface area contributed by atoms with E-state index in [1.807, 2.05) is 6.92 Å². The Kier molecular flexibility index (Phi) is 11.9. The number of fused-ring (bicyclic) bond motifs is 1. The first-order valence-electron chi connectivity index (χ1n) is 11.6. The van der Waals surface area contributed by atoms with Crippen LogP contribution in [0.4, 0.5) is 0 Å². The van der Waals surface area contributed by atoms with Gasteiger partial charge in [-0.25, -0.2) is 15.0 Å². The lowest BCUT2D eigenvalue weighted by Gasteiger charge is -2.38. The zero-order chi connectivity index (χ0) is 29.3. The minimum Gasteiger partial charge on any atom is -0.462 e. The molecule has 0 aliphatic heterocycles. The molecule has 16 heteroatoms. The van der Waals surface area contributed by atoms with E-state index < -0.39 is 66.2 Å². The van der Waals surface area contributed by atoms with Gasteiger partial charge in [0.25, 0.3) is 0 Å². The van der Waals surface area contributed by atoms with Crippen LogP contribution in [-0.4, -0.2) is 86.1 Å². The van der Waals surface area contributed by atoms with Crippen molar-refractivity contribution in [1.82, 2.24) is 19.5 Å². The van der Waals surface area contributed by atoms with Gasteiger partial charge in [-0.05, 0) is 5.75 Å². The smallest absolute Gasteiger partial charge is 0.303 e. The van der Waals surface area contributed by atoms with E-state index in [2.05, 4.69) is 15.0 Å². The van der Waals surface area contributed by atoms with Gasteiger partial charge in [0.2, 0.25) is 0 Å². The topological polar surface area (TPSA) is 175 Å². The van der Waals surface area contributed by atoms with Crippen LogP contribution in [0.5, 0.6) is 0 Å². The summed E-state index contributed by atoms with van der Waals surface area (Å²) in [5.74, 6) is -3.49. The van der Waals surface area contributed by atoms with Crippen molar-refractivity contribution < 1.29 is 47.7 Å². The van der Waals surface area contributed by atoms with Crippen LogP contribution in [0.25, 0.3) is 11.2 Å². The molecule has 2 rings (SSSR count). The number of esters is 5.